The van der Waals surface area contributed by atoms with Gasteiger partial charge in [-0.25, -0.2) is 4.79 Å². The van der Waals surface area contributed by atoms with Gasteiger partial charge >= 0.3 is 5.69 Å². The van der Waals surface area contributed by atoms with Gasteiger partial charge in [0.05, 0.1) is 5.69 Å². The fourth-order valence-electron chi connectivity index (χ4n) is 2.34. The van der Waals surface area contributed by atoms with Crippen molar-refractivity contribution in [1.82, 2.24) is 14.0 Å². The van der Waals surface area contributed by atoms with E-state index in [2.05, 4.69) is 0 Å². The second-order valence-electron chi connectivity index (χ2n) is 5.60. The predicted molar refractivity (Wildman–Crippen MR) is 89.2 cm³/mol. The lowest BCUT2D eigenvalue weighted by Gasteiger charge is -2.17. The zero-order valence-corrected chi connectivity index (χ0v) is 14.2. The van der Waals surface area contributed by atoms with Crippen molar-refractivity contribution in [2.24, 2.45) is 14.1 Å². The average Bonchev–Trinajstić information content (AvgIpc) is 2.50. The molecular weight excluding hydrogens is 318 g/mol. The molecule has 0 unspecified atom stereocenters. The Morgan fingerprint density at radius 1 is 1.09 bits per heavy atom. The van der Waals surface area contributed by atoms with E-state index in [1.807, 2.05) is 0 Å². The van der Waals surface area contributed by atoms with Crippen molar-refractivity contribution in [3.63, 3.8) is 0 Å². The van der Waals surface area contributed by atoms with Crippen molar-refractivity contribution in [1.29, 1.82) is 0 Å². The molecule has 2 aromatic rings. The van der Waals surface area contributed by atoms with Crippen molar-refractivity contribution < 1.29 is 4.79 Å². The van der Waals surface area contributed by atoms with Gasteiger partial charge in [-0.3, -0.25) is 18.7 Å². The molecule has 0 saturated heterocycles. The van der Waals surface area contributed by atoms with E-state index < -0.39 is 17.0 Å². The van der Waals surface area contributed by atoms with Crippen molar-refractivity contribution >= 4 is 17.4 Å². The first kappa shape index (κ1) is 17.2. The van der Waals surface area contributed by atoms with Crippen LogP contribution in [0.15, 0.2) is 33.9 Å². The van der Waals surface area contributed by atoms with E-state index in [9.17, 15) is 14.4 Å². The van der Waals surface area contributed by atoms with Gasteiger partial charge in [0, 0.05) is 31.2 Å². The van der Waals surface area contributed by atoms with Crippen LogP contribution in [0.25, 0.3) is 0 Å². The number of rotatable bonds is 4. The van der Waals surface area contributed by atoms with E-state index >= 15 is 0 Å². The molecule has 0 fully saturated rings. The summed E-state index contributed by atoms with van der Waals surface area (Å²) < 4.78 is 2.28. The second-order valence-corrected chi connectivity index (χ2v) is 6.04. The lowest BCUT2D eigenvalue weighted by molar-refractivity contribution is 0.103. The van der Waals surface area contributed by atoms with E-state index in [0.29, 0.717) is 22.8 Å². The summed E-state index contributed by atoms with van der Waals surface area (Å²) in [5.41, 5.74) is -0.303. The Bertz CT molecular complexity index is 864. The number of hydrogen-bond acceptors (Lipinski definition) is 4. The topological polar surface area (TPSA) is 64.3 Å². The highest BCUT2D eigenvalue weighted by atomic mass is 35.5. The molecule has 0 aliphatic carbocycles. The summed E-state index contributed by atoms with van der Waals surface area (Å²) in [6, 6.07) is 6.31. The first-order chi connectivity index (χ1) is 10.7. The van der Waals surface area contributed by atoms with Crippen LogP contribution in [0.3, 0.4) is 0 Å². The van der Waals surface area contributed by atoms with Crippen LogP contribution in [0, 0.1) is 0 Å². The monoisotopic (exact) mass is 335 g/mol. The molecule has 1 aromatic heterocycles. The van der Waals surface area contributed by atoms with Crippen LogP contribution in [0.2, 0.25) is 5.02 Å². The minimum atomic E-state index is -0.593. The number of hydrogen-bond donors (Lipinski definition) is 0. The van der Waals surface area contributed by atoms with Crippen molar-refractivity contribution in [3.8, 4) is 0 Å². The lowest BCUT2D eigenvalue weighted by atomic mass is 10.0. The SMILES string of the molecule is CN(C)Cc1c(C(=O)c2ccc(Cl)cc2)c(=O)n(C)c(=O)n1C. The van der Waals surface area contributed by atoms with Gasteiger partial charge in [0.1, 0.15) is 5.56 Å². The quantitative estimate of drug-likeness (QED) is 0.783. The number of ketones is 1. The van der Waals surface area contributed by atoms with Crippen LogP contribution in [0.4, 0.5) is 0 Å². The lowest BCUT2D eigenvalue weighted by Crippen LogP contribution is -2.43. The highest BCUT2D eigenvalue weighted by Gasteiger charge is 2.23. The summed E-state index contributed by atoms with van der Waals surface area (Å²) in [6.07, 6.45) is 0. The molecule has 0 amide bonds. The maximum absolute atomic E-state index is 12.8. The van der Waals surface area contributed by atoms with E-state index in [1.165, 1.54) is 11.6 Å². The van der Waals surface area contributed by atoms with E-state index in [0.717, 1.165) is 4.57 Å². The third kappa shape index (κ3) is 3.28. The standard InChI is InChI=1S/C16H18ClN3O3/c1-18(2)9-12-13(15(22)20(4)16(23)19(12)3)14(21)10-5-7-11(17)8-6-10/h5-8H,9H2,1-4H3. The van der Waals surface area contributed by atoms with E-state index in [-0.39, 0.29) is 5.56 Å². The number of nitrogens with zero attached hydrogens (tertiary/aromatic N) is 3. The fraction of sp³-hybridized carbons (Fsp3) is 0.312. The molecule has 0 aliphatic rings. The molecule has 122 valence electrons. The van der Waals surface area contributed by atoms with Crippen LogP contribution in [-0.2, 0) is 20.6 Å². The summed E-state index contributed by atoms with van der Waals surface area (Å²) in [7, 11) is 6.53. The number of carbonyl (C=O) groups is 1. The van der Waals surface area contributed by atoms with Gasteiger partial charge in [-0.05, 0) is 38.4 Å². The molecule has 0 bridgehead atoms. The van der Waals surface area contributed by atoms with Crippen LogP contribution in [-0.4, -0.2) is 33.9 Å². The molecule has 23 heavy (non-hydrogen) atoms. The first-order valence-corrected chi connectivity index (χ1v) is 7.35. The minimum absolute atomic E-state index is 0.00521. The Balaban J connectivity index is 2.74. The van der Waals surface area contributed by atoms with Gasteiger partial charge in [0.25, 0.3) is 5.56 Å². The molecule has 0 aliphatic heterocycles. The summed E-state index contributed by atoms with van der Waals surface area (Å²) in [5, 5.41) is 0.503. The van der Waals surface area contributed by atoms with Crippen molar-refractivity contribution in [3.05, 3.63) is 66.9 Å². The Morgan fingerprint density at radius 2 is 1.65 bits per heavy atom. The molecule has 0 atom stereocenters. The number of aromatic nitrogens is 2. The molecule has 6 nitrogen and oxygen atoms in total. The molecular formula is C16H18ClN3O3. The van der Waals surface area contributed by atoms with Gasteiger partial charge < -0.3 is 4.90 Å². The predicted octanol–water partition coefficient (Wildman–Crippen LogP) is 1.03. The maximum Gasteiger partial charge on any atom is 0.330 e. The molecule has 0 radical (unpaired) electrons. The van der Waals surface area contributed by atoms with Gasteiger partial charge in [-0.15, -0.1) is 0 Å². The van der Waals surface area contributed by atoms with E-state index in [4.69, 9.17) is 11.6 Å². The fourth-order valence-corrected chi connectivity index (χ4v) is 2.47. The van der Waals surface area contributed by atoms with Crippen molar-refractivity contribution in [2.75, 3.05) is 14.1 Å². The third-order valence-electron chi connectivity index (χ3n) is 3.59. The number of halogens is 1. The highest BCUT2D eigenvalue weighted by molar-refractivity contribution is 6.30. The molecule has 2 rings (SSSR count). The Morgan fingerprint density at radius 3 is 2.17 bits per heavy atom. The van der Waals surface area contributed by atoms with Crippen LogP contribution < -0.4 is 11.2 Å². The van der Waals surface area contributed by atoms with Gasteiger partial charge in [0.15, 0.2) is 5.78 Å². The molecule has 7 heteroatoms. The zero-order valence-electron chi connectivity index (χ0n) is 13.5. The zero-order chi connectivity index (χ0) is 17.3. The summed E-state index contributed by atoms with van der Waals surface area (Å²) in [4.78, 5) is 39.2. The molecule has 1 heterocycles. The Labute approximate surface area is 138 Å². The molecule has 0 N–H and O–H groups in total. The Hall–Kier alpha value is -2.18. The second kappa shape index (κ2) is 6.52. The van der Waals surface area contributed by atoms with Crippen LogP contribution >= 0.6 is 11.6 Å². The molecule has 1 aromatic carbocycles. The number of carbonyl (C=O) groups excluding carboxylic acids is 1. The first-order valence-electron chi connectivity index (χ1n) is 6.98. The van der Waals surface area contributed by atoms with Gasteiger partial charge in [-0.1, -0.05) is 11.6 Å². The summed E-state index contributed by atoms with van der Waals surface area (Å²) >= 11 is 5.84. The largest absolute Gasteiger partial charge is 0.330 e. The Kier molecular flexibility index (Phi) is 4.87. The highest BCUT2D eigenvalue weighted by Crippen LogP contribution is 2.14. The number of benzene rings is 1. The molecule has 0 spiro atoms. The normalized spacial score (nSPS) is 11.0. The van der Waals surface area contributed by atoms with Crippen LogP contribution in [0.5, 0.6) is 0 Å². The van der Waals surface area contributed by atoms with Gasteiger partial charge in [0.2, 0.25) is 0 Å². The summed E-state index contributed by atoms with van der Waals surface area (Å²) in [6.45, 7) is 0.302. The van der Waals surface area contributed by atoms with Crippen LogP contribution in [0.1, 0.15) is 21.6 Å². The minimum Gasteiger partial charge on any atom is -0.304 e. The average molecular weight is 336 g/mol. The van der Waals surface area contributed by atoms with Gasteiger partial charge in [-0.2, -0.15) is 0 Å². The maximum atomic E-state index is 12.8. The smallest absolute Gasteiger partial charge is 0.304 e. The van der Waals surface area contributed by atoms with E-state index in [1.54, 1.807) is 50.3 Å². The van der Waals surface area contributed by atoms with Crippen molar-refractivity contribution in [2.45, 2.75) is 6.54 Å². The molecule has 0 saturated carbocycles. The summed E-state index contributed by atoms with van der Waals surface area (Å²) in [5.74, 6) is -0.422. The third-order valence-corrected chi connectivity index (χ3v) is 3.84.